The van der Waals surface area contributed by atoms with Gasteiger partial charge in [-0.05, 0) is 12.1 Å². The summed E-state index contributed by atoms with van der Waals surface area (Å²) in [7, 11) is 0. The van der Waals surface area contributed by atoms with E-state index in [0.717, 1.165) is 0 Å². The van der Waals surface area contributed by atoms with E-state index in [1.165, 1.54) is 12.1 Å². The fourth-order valence-electron chi connectivity index (χ4n) is 2.04. The first kappa shape index (κ1) is 15.2. The molecule has 1 saturated heterocycles. The highest BCUT2D eigenvalue weighted by atomic mass is 16.7. The quantitative estimate of drug-likeness (QED) is 0.477. The predicted molar refractivity (Wildman–Crippen MR) is 66.8 cm³/mol. The highest BCUT2D eigenvalue weighted by Gasteiger charge is 2.40. The lowest BCUT2D eigenvalue weighted by molar-refractivity contribution is -0.200. The summed E-state index contributed by atoms with van der Waals surface area (Å²) in [6, 6.07) is 5.96. The third-order valence-electron chi connectivity index (χ3n) is 3.23. The normalized spacial score (nSPS) is 34.7. The Balaban J connectivity index is 2.25. The number of aromatic hydroxyl groups is 1. The van der Waals surface area contributed by atoms with Gasteiger partial charge in [-0.2, -0.15) is 0 Å². The zero-order valence-corrected chi connectivity index (χ0v) is 10.7. The Hall–Kier alpha value is -1.22. The standard InChI is InChI=1S/C13H18O7/c14-5-9-11(17)12(18)10(6-15)20-13(19-9)7-1-3-8(16)4-2-7/h1-4,9-18H,5-6H2/t9-,10+,11-,12-,13?/m1/s1. The molecular formula is C13H18O7. The Bertz CT molecular complexity index is 403. The third-order valence-corrected chi connectivity index (χ3v) is 3.23. The van der Waals surface area contributed by atoms with E-state index < -0.39 is 43.9 Å². The zero-order valence-electron chi connectivity index (χ0n) is 10.7. The minimum Gasteiger partial charge on any atom is -0.508 e. The Morgan fingerprint density at radius 3 is 1.70 bits per heavy atom. The highest BCUT2D eigenvalue weighted by Crippen LogP contribution is 2.30. The molecule has 20 heavy (non-hydrogen) atoms. The maximum absolute atomic E-state index is 9.86. The van der Waals surface area contributed by atoms with Crippen molar-refractivity contribution in [3.63, 3.8) is 0 Å². The van der Waals surface area contributed by atoms with Crippen LogP contribution in [0.3, 0.4) is 0 Å². The number of benzene rings is 1. The molecule has 0 amide bonds. The van der Waals surface area contributed by atoms with Gasteiger partial charge in [0.15, 0.2) is 6.29 Å². The number of phenols is 1. The van der Waals surface area contributed by atoms with Crippen LogP contribution in [0.1, 0.15) is 11.9 Å². The van der Waals surface area contributed by atoms with Crippen molar-refractivity contribution in [2.75, 3.05) is 13.2 Å². The van der Waals surface area contributed by atoms with Crippen LogP contribution in [0.25, 0.3) is 0 Å². The van der Waals surface area contributed by atoms with E-state index in [4.69, 9.17) is 9.47 Å². The van der Waals surface area contributed by atoms with Crippen LogP contribution >= 0.6 is 0 Å². The molecule has 1 heterocycles. The Kier molecular flexibility index (Phi) is 4.92. The maximum Gasteiger partial charge on any atom is 0.184 e. The molecule has 1 aromatic carbocycles. The minimum absolute atomic E-state index is 0.0693. The Labute approximate surface area is 115 Å². The molecule has 2 rings (SSSR count). The molecule has 7 heteroatoms. The third kappa shape index (κ3) is 3.09. The van der Waals surface area contributed by atoms with Crippen LogP contribution in [-0.2, 0) is 9.47 Å². The lowest BCUT2D eigenvalue weighted by atomic mass is 10.0. The molecule has 0 bridgehead atoms. The minimum atomic E-state index is -1.38. The van der Waals surface area contributed by atoms with E-state index in [2.05, 4.69) is 0 Å². The van der Waals surface area contributed by atoms with Crippen molar-refractivity contribution < 1.29 is 35.0 Å². The molecule has 1 unspecified atom stereocenters. The van der Waals surface area contributed by atoms with Crippen molar-refractivity contribution in [1.29, 1.82) is 0 Å². The molecule has 5 atom stereocenters. The number of rotatable bonds is 3. The van der Waals surface area contributed by atoms with Crippen molar-refractivity contribution in [3.05, 3.63) is 29.8 Å². The van der Waals surface area contributed by atoms with Crippen molar-refractivity contribution in [2.24, 2.45) is 0 Å². The maximum atomic E-state index is 9.86. The summed E-state index contributed by atoms with van der Waals surface area (Å²) in [5, 5.41) is 47.4. The first-order valence-electron chi connectivity index (χ1n) is 6.24. The van der Waals surface area contributed by atoms with Gasteiger partial charge < -0.3 is 35.0 Å². The van der Waals surface area contributed by atoms with Crippen molar-refractivity contribution >= 4 is 0 Å². The highest BCUT2D eigenvalue weighted by molar-refractivity contribution is 5.26. The number of hydrogen-bond donors (Lipinski definition) is 5. The molecule has 5 N–H and O–H groups in total. The molecule has 0 spiro atoms. The van der Waals surface area contributed by atoms with Gasteiger partial charge in [-0.1, -0.05) is 12.1 Å². The summed E-state index contributed by atoms with van der Waals surface area (Å²) in [5.41, 5.74) is 0.529. The first-order chi connectivity index (χ1) is 9.56. The van der Waals surface area contributed by atoms with Crippen molar-refractivity contribution in [2.45, 2.75) is 30.7 Å². The molecule has 1 fully saturated rings. The van der Waals surface area contributed by atoms with Crippen LogP contribution in [0, 0.1) is 0 Å². The number of aliphatic hydroxyl groups excluding tert-OH is 4. The van der Waals surface area contributed by atoms with E-state index >= 15 is 0 Å². The van der Waals surface area contributed by atoms with Crippen LogP contribution < -0.4 is 0 Å². The van der Waals surface area contributed by atoms with E-state index in [9.17, 15) is 25.5 Å². The monoisotopic (exact) mass is 286 g/mol. The summed E-state index contributed by atoms with van der Waals surface area (Å²) < 4.78 is 10.9. The molecular weight excluding hydrogens is 268 g/mol. The second-order valence-corrected chi connectivity index (χ2v) is 4.62. The second-order valence-electron chi connectivity index (χ2n) is 4.62. The van der Waals surface area contributed by atoms with Gasteiger partial charge in [-0.3, -0.25) is 0 Å². The summed E-state index contributed by atoms with van der Waals surface area (Å²) in [5.74, 6) is 0.0693. The summed E-state index contributed by atoms with van der Waals surface area (Å²) in [4.78, 5) is 0. The average Bonchev–Trinajstić information content (AvgIpc) is 2.58. The molecule has 112 valence electrons. The first-order valence-corrected chi connectivity index (χ1v) is 6.24. The molecule has 1 aliphatic rings. The topological polar surface area (TPSA) is 120 Å². The van der Waals surface area contributed by atoms with Crippen LogP contribution in [0.15, 0.2) is 24.3 Å². The van der Waals surface area contributed by atoms with Gasteiger partial charge in [-0.25, -0.2) is 0 Å². The van der Waals surface area contributed by atoms with Crippen LogP contribution in [0.5, 0.6) is 5.75 Å². The SMILES string of the molecule is OC[C@@H]1OC(c2ccc(O)cc2)O[C@H](CO)[C@@H](O)[C@@H]1O. The summed E-state index contributed by atoms with van der Waals surface area (Å²) in [6.45, 7) is -1.01. The summed E-state index contributed by atoms with van der Waals surface area (Å²) in [6.07, 6.45) is -5.81. The molecule has 7 nitrogen and oxygen atoms in total. The van der Waals surface area contributed by atoms with Crippen molar-refractivity contribution in [3.8, 4) is 5.75 Å². The summed E-state index contributed by atoms with van der Waals surface area (Å²) >= 11 is 0. The van der Waals surface area contributed by atoms with E-state index in [1.54, 1.807) is 12.1 Å². The van der Waals surface area contributed by atoms with Gasteiger partial charge in [0.1, 0.15) is 30.2 Å². The van der Waals surface area contributed by atoms with E-state index in [1.807, 2.05) is 0 Å². The van der Waals surface area contributed by atoms with Gasteiger partial charge in [0.25, 0.3) is 0 Å². The smallest absolute Gasteiger partial charge is 0.184 e. The van der Waals surface area contributed by atoms with Crippen LogP contribution in [-0.4, -0.2) is 63.2 Å². The largest absolute Gasteiger partial charge is 0.508 e. The number of ether oxygens (including phenoxy) is 2. The molecule has 1 aliphatic heterocycles. The van der Waals surface area contributed by atoms with Gasteiger partial charge in [-0.15, -0.1) is 0 Å². The Morgan fingerprint density at radius 1 is 0.850 bits per heavy atom. The van der Waals surface area contributed by atoms with E-state index in [0.29, 0.717) is 5.56 Å². The molecule has 0 aliphatic carbocycles. The van der Waals surface area contributed by atoms with Crippen LogP contribution in [0.2, 0.25) is 0 Å². The van der Waals surface area contributed by atoms with Gasteiger partial charge in [0.2, 0.25) is 0 Å². The second kappa shape index (κ2) is 6.49. The van der Waals surface area contributed by atoms with Gasteiger partial charge >= 0.3 is 0 Å². The zero-order chi connectivity index (χ0) is 14.7. The molecule has 0 saturated carbocycles. The van der Waals surface area contributed by atoms with Crippen LogP contribution in [0.4, 0.5) is 0 Å². The lowest BCUT2D eigenvalue weighted by Gasteiger charge is -2.23. The fraction of sp³-hybridized carbons (Fsp3) is 0.538. The fourth-order valence-corrected chi connectivity index (χ4v) is 2.04. The number of aliphatic hydroxyl groups is 4. The predicted octanol–water partition coefficient (Wildman–Crippen LogP) is -1.12. The molecule has 0 aromatic heterocycles. The average molecular weight is 286 g/mol. The molecule has 0 radical (unpaired) electrons. The molecule has 1 aromatic rings. The van der Waals surface area contributed by atoms with Crippen molar-refractivity contribution in [1.82, 2.24) is 0 Å². The number of phenolic OH excluding ortho intramolecular Hbond substituents is 1. The van der Waals surface area contributed by atoms with E-state index in [-0.39, 0.29) is 5.75 Å². The van der Waals surface area contributed by atoms with Gasteiger partial charge in [0, 0.05) is 5.56 Å². The lowest BCUT2D eigenvalue weighted by Crippen LogP contribution is -2.45. The van der Waals surface area contributed by atoms with Gasteiger partial charge in [0.05, 0.1) is 13.2 Å². The number of hydrogen-bond acceptors (Lipinski definition) is 7. The Morgan fingerprint density at radius 2 is 1.30 bits per heavy atom.